The Kier molecular flexibility index (Phi) is 4.05. The Balaban J connectivity index is 1.40. The van der Waals surface area contributed by atoms with Crippen molar-refractivity contribution in [2.45, 2.75) is 47.4 Å². The van der Waals surface area contributed by atoms with E-state index in [9.17, 15) is 4.79 Å². The van der Waals surface area contributed by atoms with Crippen molar-refractivity contribution in [2.24, 2.45) is 0 Å². The van der Waals surface area contributed by atoms with Crippen LogP contribution in [0.1, 0.15) is 29.9 Å². The van der Waals surface area contributed by atoms with Crippen LogP contribution in [0.25, 0.3) is 0 Å². The zero-order valence-electron chi connectivity index (χ0n) is 12.3. The van der Waals surface area contributed by atoms with Crippen molar-refractivity contribution in [3.05, 3.63) is 41.4 Å². The summed E-state index contributed by atoms with van der Waals surface area (Å²) in [6.07, 6.45) is 4.88. The van der Waals surface area contributed by atoms with Gasteiger partial charge in [-0.1, -0.05) is 29.4 Å². The number of hydrogen-bond donors (Lipinski definition) is 2. The van der Waals surface area contributed by atoms with E-state index in [1.54, 1.807) is 6.20 Å². The van der Waals surface area contributed by atoms with Gasteiger partial charge >= 0.3 is 5.91 Å². The van der Waals surface area contributed by atoms with E-state index in [1.807, 2.05) is 24.3 Å². The van der Waals surface area contributed by atoms with Gasteiger partial charge in [0.15, 0.2) is 5.09 Å². The molecule has 1 amide bonds. The summed E-state index contributed by atoms with van der Waals surface area (Å²) in [6.45, 7) is 0. The van der Waals surface area contributed by atoms with Crippen molar-refractivity contribution in [1.29, 1.82) is 0 Å². The van der Waals surface area contributed by atoms with Gasteiger partial charge in [0, 0.05) is 28.0 Å². The van der Waals surface area contributed by atoms with Crippen molar-refractivity contribution in [1.82, 2.24) is 15.6 Å². The molecular formula is C16H16ClN3O2S. The number of rotatable bonds is 4. The number of carbonyl (C=O) groups excluding carboxylic acids is 1. The van der Waals surface area contributed by atoms with Gasteiger partial charge in [-0.25, -0.2) is 4.98 Å². The van der Waals surface area contributed by atoms with Crippen LogP contribution in [-0.4, -0.2) is 29.0 Å². The molecule has 3 heterocycles. The molecule has 3 atom stereocenters. The van der Waals surface area contributed by atoms with E-state index in [-0.39, 0.29) is 17.8 Å². The standard InChI is InChI=1S/C16H16ClN3O2S/c17-9-2-1-3-11(6-9)23-14-8-18-16(22-14)15(21)20-13-7-10-4-5-12(13)19-10/h1-3,6,8,10,12-13,19H,4-5,7H2,(H,20,21)/t10-,12+,13-/m1/s1. The fourth-order valence-corrected chi connectivity index (χ4v) is 4.32. The van der Waals surface area contributed by atoms with Gasteiger partial charge < -0.3 is 15.1 Å². The van der Waals surface area contributed by atoms with Crippen LogP contribution in [-0.2, 0) is 0 Å². The van der Waals surface area contributed by atoms with Gasteiger partial charge in [-0.15, -0.1) is 0 Å². The summed E-state index contributed by atoms with van der Waals surface area (Å²) < 4.78 is 5.56. The Bertz CT molecular complexity index is 736. The molecule has 5 nitrogen and oxygen atoms in total. The largest absolute Gasteiger partial charge is 0.425 e. The molecule has 0 aliphatic carbocycles. The molecule has 120 valence electrons. The SMILES string of the molecule is O=C(N[C@@H]1C[C@H]2CC[C@@H]1N2)c1ncc(Sc2cccc(Cl)c2)o1. The molecule has 2 fully saturated rings. The van der Waals surface area contributed by atoms with Crippen molar-refractivity contribution < 1.29 is 9.21 Å². The Hall–Kier alpha value is -1.50. The maximum atomic E-state index is 12.3. The molecule has 23 heavy (non-hydrogen) atoms. The fraction of sp³-hybridized carbons (Fsp3) is 0.375. The number of carbonyl (C=O) groups is 1. The summed E-state index contributed by atoms with van der Waals surface area (Å²) in [5.41, 5.74) is 0. The van der Waals surface area contributed by atoms with E-state index >= 15 is 0 Å². The van der Waals surface area contributed by atoms with Gasteiger partial charge in [0.2, 0.25) is 0 Å². The summed E-state index contributed by atoms with van der Waals surface area (Å²) in [6, 6.07) is 8.57. The number of benzene rings is 1. The van der Waals surface area contributed by atoms with Crippen LogP contribution in [0.5, 0.6) is 0 Å². The molecule has 2 saturated heterocycles. The minimum Gasteiger partial charge on any atom is -0.425 e. The first-order chi connectivity index (χ1) is 11.2. The van der Waals surface area contributed by atoms with Crippen molar-refractivity contribution >= 4 is 29.3 Å². The van der Waals surface area contributed by atoms with Gasteiger partial charge in [-0.3, -0.25) is 4.79 Å². The van der Waals surface area contributed by atoms with Gasteiger partial charge in [-0.05, 0) is 37.5 Å². The van der Waals surface area contributed by atoms with Gasteiger partial charge in [0.1, 0.15) is 0 Å². The molecule has 2 N–H and O–H groups in total. The molecule has 2 aliphatic heterocycles. The summed E-state index contributed by atoms with van der Waals surface area (Å²) in [5.74, 6) is -0.139. The van der Waals surface area contributed by atoms with Crippen LogP contribution >= 0.6 is 23.4 Å². The highest BCUT2D eigenvalue weighted by Crippen LogP contribution is 2.30. The second-order valence-corrected chi connectivity index (χ2v) is 7.42. The van der Waals surface area contributed by atoms with E-state index in [1.165, 1.54) is 18.2 Å². The number of hydrogen-bond acceptors (Lipinski definition) is 5. The number of aromatic nitrogens is 1. The smallest absolute Gasteiger partial charge is 0.307 e. The monoisotopic (exact) mass is 349 g/mol. The first kappa shape index (κ1) is 15.1. The lowest BCUT2D eigenvalue weighted by Crippen LogP contribution is -2.43. The number of halogens is 1. The molecule has 2 aliphatic rings. The first-order valence-electron chi connectivity index (χ1n) is 7.63. The third kappa shape index (κ3) is 3.24. The zero-order chi connectivity index (χ0) is 15.8. The van der Waals surface area contributed by atoms with Crippen LogP contribution in [0.3, 0.4) is 0 Å². The molecule has 2 bridgehead atoms. The molecule has 0 spiro atoms. The average molecular weight is 350 g/mol. The number of fused-ring (bicyclic) bond motifs is 2. The molecule has 0 saturated carbocycles. The van der Waals surface area contributed by atoms with E-state index in [2.05, 4.69) is 15.6 Å². The van der Waals surface area contributed by atoms with Crippen LogP contribution < -0.4 is 10.6 Å². The van der Waals surface area contributed by atoms with Crippen molar-refractivity contribution in [2.75, 3.05) is 0 Å². The molecule has 1 aromatic carbocycles. The summed E-state index contributed by atoms with van der Waals surface area (Å²) in [5, 5.41) is 7.76. The lowest BCUT2D eigenvalue weighted by Gasteiger charge is -2.20. The van der Waals surface area contributed by atoms with Crippen LogP contribution in [0.4, 0.5) is 0 Å². The quantitative estimate of drug-likeness (QED) is 0.887. The average Bonchev–Trinajstić information content (AvgIpc) is 3.23. The summed E-state index contributed by atoms with van der Waals surface area (Å²) >= 11 is 7.35. The van der Waals surface area contributed by atoms with E-state index in [0.29, 0.717) is 22.2 Å². The second-order valence-electron chi connectivity index (χ2n) is 5.91. The minimum atomic E-state index is -0.248. The van der Waals surface area contributed by atoms with Crippen molar-refractivity contribution in [3.8, 4) is 0 Å². The normalized spacial score (nSPS) is 25.7. The van der Waals surface area contributed by atoms with Crippen LogP contribution in [0.2, 0.25) is 5.02 Å². The predicted octanol–water partition coefficient (Wildman–Crippen LogP) is 3.10. The second kappa shape index (κ2) is 6.19. The van der Waals surface area contributed by atoms with Crippen LogP contribution in [0, 0.1) is 0 Å². The lowest BCUT2D eigenvalue weighted by molar-refractivity contribution is 0.0890. The first-order valence-corrected chi connectivity index (χ1v) is 8.83. The molecule has 1 aromatic heterocycles. The third-order valence-corrected chi connectivity index (χ3v) is 5.42. The maximum absolute atomic E-state index is 12.3. The summed E-state index contributed by atoms with van der Waals surface area (Å²) in [4.78, 5) is 17.3. The Morgan fingerprint density at radius 1 is 1.43 bits per heavy atom. The Morgan fingerprint density at radius 2 is 2.35 bits per heavy atom. The highest BCUT2D eigenvalue weighted by molar-refractivity contribution is 7.99. The highest BCUT2D eigenvalue weighted by Gasteiger charge is 2.40. The highest BCUT2D eigenvalue weighted by atomic mass is 35.5. The number of amides is 1. The number of oxazole rings is 1. The topological polar surface area (TPSA) is 67.2 Å². The molecule has 2 aromatic rings. The Labute approximate surface area is 143 Å². The van der Waals surface area contributed by atoms with E-state index in [4.69, 9.17) is 16.0 Å². The Morgan fingerprint density at radius 3 is 3.09 bits per heavy atom. The fourth-order valence-electron chi connectivity index (χ4n) is 3.27. The van der Waals surface area contributed by atoms with E-state index < -0.39 is 0 Å². The number of nitrogens with one attached hydrogen (secondary N) is 2. The van der Waals surface area contributed by atoms with Gasteiger partial charge in [0.05, 0.1) is 6.20 Å². The molecule has 0 unspecified atom stereocenters. The molecular weight excluding hydrogens is 334 g/mol. The maximum Gasteiger partial charge on any atom is 0.307 e. The van der Waals surface area contributed by atoms with Gasteiger partial charge in [-0.2, -0.15) is 0 Å². The van der Waals surface area contributed by atoms with Crippen molar-refractivity contribution in [3.63, 3.8) is 0 Å². The third-order valence-electron chi connectivity index (χ3n) is 4.31. The number of nitrogens with zero attached hydrogens (tertiary/aromatic N) is 1. The molecule has 4 rings (SSSR count). The van der Waals surface area contributed by atoms with E-state index in [0.717, 1.165) is 17.7 Å². The molecule has 0 radical (unpaired) electrons. The molecule has 7 heteroatoms. The zero-order valence-corrected chi connectivity index (χ0v) is 13.9. The predicted molar refractivity (Wildman–Crippen MR) is 87.9 cm³/mol. The summed E-state index contributed by atoms with van der Waals surface area (Å²) in [7, 11) is 0. The van der Waals surface area contributed by atoms with Gasteiger partial charge in [0.25, 0.3) is 5.89 Å². The minimum absolute atomic E-state index is 0.109. The van der Waals surface area contributed by atoms with Crippen LogP contribution in [0.15, 0.2) is 44.9 Å². The lowest BCUT2D eigenvalue weighted by atomic mass is 9.95.